The molecule has 0 aliphatic rings. The Hall–Kier alpha value is -0.120. The van der Waals surface area contributed by atoms with Crippen molar-refractivity contribution in [2.24, 2.45) is 0 Å². The van der Waals surface area contributed by atoms with Gasteiger partial charge in [0.1, 0.15) is 0 Å². The third-order valence-electron chi connectivity index (χ3n) is 3.08. The van der Waals surface area contributed by atoms with Gasteiger partial charge in [0, 0.05) is 6.04 Å². The summed E-state index contributed by atoms with van der Waals surface area (Å²) >= 11 is 0. The molecule has 3 nitrogen and oxygen atoms in total. The molecule has 0 aromatic carbocycles. The zero-order valence-electron chi connectivity index (χ0n) is 11.3. The van der Waals surface area contributed by atoms with Gasteiger partial charge in [0.15, 0.2) is 0 Å². The smallest absolute Gasteiger partial charge is 0.0585 e. The molecule has 0 aromatic rings. The highest BCUT2D eigenvalue weighted by molar-refractivity contribution is 4.67. The lowest BCUT2D eigenvalue weighted by Crippen LogP contribution is -2.35. The fraction of sp³-hybridized carbons (Fsp3) is 1.00. The van der Waals surface area contributed by atoms with Crippen molar-refractivity contribution in [1.29, 1.82) is 0 Å². The van der Waals surface area contributed by atoms with Crippen LogP contribution in [0, 0.1) is 0 Å². The highest BCUT2D eigenvalue weighted by Gasteiger charge is 2.08. The Labute approximate surface area is 101 Å². The van der Waals surface area contributed by atoms with Crippen LogP contribution in [0.15, 0.2) is 0 Å². The first-order chi connectivity index (χ1) is 7.78. The number of hydrogen-bond donors (Lipinski definition) is 2. The Balaban J connectivity index is 3.79. The monoisotopic (exact) mass is 230 g/mol. The molecule has 0 heterocycles. The number of hydrogen-bond acceptors (Lipinski definition) is 3. The van der Waals surface area contributed by atoms with Crippen LogP contribution in [-0.2, 0) is 0 Å². The van der Waals surface area contributed by atoms with Gasteiger partial charge in [-0.3, -0.25) is 0 Å². The van der Waals surface area contributed by atoms with Crippen LogP contribution in [0.5, 0.6) is 0 Å². The molecule has 98 valence electrons. The van der Waals surface area contributed by atoms with Crippen LogP contribution >= 0.6 is 0 Å². The average molecular weight is 230 g/mol. The van der Waals surface area contributed by atoms with Crippen molar-refractivity contribution < 1.29 is 5.11 Å². The van der Waals surface area contributed by atoms with E-state index >= 15 is 0 Å². The van der Waals surface area contributed by atoms with Gasteiger partial charge in [-0.05, 0) is 45.9 Å². The van der Waals surface area contributed by atoms with Crippen LogP contribution in [0.3, 0.4) is 0 Å². The average Bonchev–Trinajstić information content (AvgIpc) is 2.32. The largest absolute Gasteiger partial charge is 0.395 e. The first-order valence-electron chi connectivity index (χ1n) is 6.78. The lowest BCUT2D eigenvalue weighted by molar-refractivity contribution is 0.207. The Morgan fingerprint density at radius 1 is 1.06 bits per heavy atom. The van der Waals surface area contributed by atoms with Gasteiger partial charge >= 0.3 is 0 Å². The number of unbranched alkanes of at least 4 members (excludes halogenated alkanes) is 2. The molecule has 2 N–H and O–H groups in total. The summed E-state index contributed by atoms with van der Waals surface area (Å²) in [5.41, 5.74) is 0. The summed E-state index contributed by atoms with van der Waals surface area (Å²) in [6.07, 6.45) is 6.14. The number of likely N-dealkylation sites (N-methyl/N-ethyl adjacent to an activating group) is 1. The van der Waals surface area contributed by atoms with Crippen LogP contribution in [0.1, 0.15) is 46.0 Å². The van der Waals surface area contributed by atoms with Crippen molar-refractivity contribution in [1.82, 2.24) is 10.2 Å². The number of aliphatic hydroxyl groups excluding tert-OH is 1. The number of nitrogens with one attached hydrogen (secondary N) is 1. The van der Waals surface area contributed by atoms with Gasteiger partial charge in [0.05, 0.1) is 6.61 Å². The fourth-order valence-electron chi connectivity index (χ4n) is 1.76. The van der Waals surface area contributed by atoms with E-state index in [1.165, 1.54) is 38.8 Å². The third-order valence-corrected chi connectivity index (χ3v) is 3.08. The minimum Gasteiger partial charge on any atom is -0.395 e. The van der Waals surface area contributed by atoms with E-state index in [0.717, 1.165) is 13.0 Å². The topological polar surface area (TPSA) is 35.5 Å². The molecule has 0 aliphatic heterocycles. The molecule has 0 fully saturated rings. The molecule has 0 aliphatic carbocycles. The standard InChI is InChI=1S/C13H30N2O/c1-4-6-9-15(10-7-5-2)11-8-13(12-16)14-3/h13-14,16H,4-12H2,1-3H3. The molecule has 1 atom stereocenters. The number of aliphatic hydroxyl groups is 1. The van der Waals surface area contributed by atoms with Crippen molar-refractivity contribution in [3.63, 3.8) is 0 Å². The van der Waals surface area contributed by atoms with Gasteiger partial charge in [-0.15, -0.1) is 0 Å². The van der Waals surface area contributed by atoms with Crippen molar-refractivity contribution in [2.75, 3.05) is 33.3 Å². The van der Waals surface area contributed by atoms with Crippen LogP contribution in [0.25, 0.3) is 0 Å². The van der Waals surface area contributed by atoms with E-state index < -0.39 is 0 Å². The van der Waals surface area contributed by atoms with E-state index in [4.69, 9.17) is 5.11 Å². The molecular formula is C13H30N2O. The predicted octanol–water partition coefficient (Wildman–Crippen LogP) is 1.86. The molecular weight excluding hydrogens is 200 g/mol. The van der Waals surface area contributed by atoms with Gasteiger partial charge in [-0.1, -0.05) is 26.7 Å². The molecule has 0 radical (unpaired) electrons. The van der Waals surface area contributed by atoms with Crippen molar-refractivity contribution in [3.8, 4) is 0 Å². The van der Waals surface area contributed by atoms with E-state index in [1.807, 2.05) is 7.05 Å². The predicted molar refractivity (Wildman–Crippen MR) is 70.8 cm³/mol. The molecule has 0 bridgehead atoms. The summed E-state index contributed by atoms with van der Waals surface area (Å²) in [6.45, 7) is 8.24. The van der Waals surface area contributed by atoms with E-state index in [-0.39, 0.29) is 12.6 Å². The first-order valence-corrected chi connectivity index (χ1v) is 6.78. The lowest BCUT2D eigenvalue weighted by atomic mass is 10.2. The van der Waals surface area contributed by atoms with Crippen LogP contribution < -0.4 is 5.32 Å². The van der Waals surface area contributed by atoms with Crippen LogP contribution in [0.4, 0.5) is 0 Å². The molecule has 3 heteroatoms. The normalized spacial score (nSPS) is 13.3. The highest BCUT2D eigenvalue weighted by Crippen LogP contribution is 2.02. The van der Waals surface area contributed by atoms with Crippen molar-refractivity contribution in [3.05, 3.63) is 0 Å². The van der Waals surface area contributed by atoms with E-state index in [1.54, 1.807) is 0 Å². The summed E-state index contributed by atoms with van der Waals surface area (Å²) in [5.74, 6) is 0. The summed E-state index contributed by atoms with van der Waals surface area (Å²) in [4.78, 5) is 2.53. The minimum atomic E-state index is 0.242. The van der Waals surface area contributed by atoms with Crippen LogP contribution in [-0.4, -0.2) is 49.3 Å². The first kappa shape index (κ1) is 15.9. The summed E-state index contributed by atoms with van der Waals surface area (Å²) in [5, 5.41) is 12.3. The molecule has 0 spiro atoms. The Bertz CT molecular complexity index is 130. The van der Waals surface area contributed by atoms with Crippen LogP contribution in [0.2, 0.25) is 0 Å². The van der Waals surface area contributed by atoms with E-state index in [0.29, 0.717) is 0 Å². The number of nitrogens with zero attached hydrogens (tertiary/aromatic N) is 1. The molecule has 0 saturated carbocycles. The molecule has 0 rings (SSSR count). The van der Waals surface area contributed by atoms with Crippen molar-refractivity contribution in [2.45, 2.75) is 52.0 Å². The number of rotatable bonds is 11. The van der Waals surface area contributed by atoms with E-state index in [2.05, 4.69) is 24.1 Å². The summed E-state index contributed by atoms with van der Waals surface area (Å²) in [6, 6.07) is 0.255. The van der Waals surface area contributed by atoms with Gasteiger partial charge in [-0.2, -0.15) is 0 Å². The molecule has 0 saturated heterocycles. The Morgan fingerprint density at radius 2 is 1.62 bits per heavy atom. The Kier molecular flexibility index (Phi) is 11.3. The zero-order valence-corrected chi connectivity index (χ0v) is 11.3. The quantitative estimate of drug-likeness (QED) is 0.569. The van der Waals surface area contributed by atoms with Gasteiger partial charge in [0.25, 0.3) is 0 Å². The van der Waals surface area contributed by atoms with Gasteiger partial charge < -0.3 is 15.3 Å². The Morgan fingerprint density at radius 3 is 2.00 bits per heavy atom. The van der Waals surface area contributed by atoms with Gasteiger partial charge in [-0.25, -0.2) is 0 Å². The molecule has 1 unspecified atom stereocenters. The lowest BCUT2D eigenvalue weighted by Gasteiger charge is -2.24. The molecule has 0 amide bonds. The summed E-state index contributed by atoms with van der Waals surface area (Å²) in [7, 11) is 1.92. The SMILES string of the molecule is CCCCN(CCCC)CCC(CO)NC. The molecule has 16 heavy (non-hydrogen) atoms. The van der Waals surface area contributed by atoms with E-state index in [9.17, 15) is 0 Å². The maximum absolute atomic E-state index is 9.11. The fourth-order valence-corrected chi connectivity index (χ4v) is 1.76. The molecule has 0 aromatic heterocycles. The van der Waals surface area contributed by atoms with Gasteiger partial charge in [0.2, 0.25) is 0 Å². The highest BCUT2D eigenvalue weighted by atomic mass is 16.3. The second kappa shape index (κ2) is 11.4. The zero-order chi connectivity index (χ0) is 12.2. The maximum atomic E-state index is 9.11. The second-order valence-electron chi connectivity index (χ2n) is 4.51. The second-order valence-corrected chi connectivity index (χ2v) is 4.51. The maximum Gasteiger partial charge on any atom is 0.0585 e. The summed E-state index contributed by atoms with van der Waals surface area (Å²) < 4.78 is 0. The van der Waals surface area contributed by atoms with Crippen molar-refractivity contribution >= 4 is 0 Å². The minimum absolute atomic E-state index is 0.242. The third kappa shape index (κ3) is 8.08.